The lowest BCUT2D eigenvalue weighted by Crippen LogP contribution is -2.32. The highest BCUT2D eigenvalue weighted by atomic mass is 16.1. The number of rotatable bonds is 1. The highest BCUT2D eigenvalue weighted by Gasteiger charge is 2.33. The normalized spacial score (nSPS) is 19.9. The Balaban J connectivity index is 2.00. The van der Waals surface area contributed by atoms with Crippen molar-refractivity contribution in [3.8, 4) is 0 Å². The highest BCUT2D eigenvalue weighted by Crippen LogP contribution is 2.32. The van der Waals surface area contributed by atoms with Crippen LogP contribution in [-0.4, -0.2) is 35.6 Å². The summed E-state index contributed by atoms with van der Waals surface area (Å²) in [4.78, 5) is 27.5. The number of fused-ring (bicyclic) bond motifs is 1. The van der Waals surface area contributed by atoms with E-state index in [4.69, 9.17) is 0 Å². The van der Waals surface area contributed by atoms with Crippen molar-refractivity contribution in [1.82, 2.24) is 4.90 Å². The molecule has 3 nitrogen and oxygen atoms in total. The maximum atomic E-state index is 12.6. The summed E-state index contributed by atoms with van der Waals surface area (Å²) in [6, 6.07) is 7.64. The minimum atomic E-state index is 0.0563. The predicted octanol–water partition coefficient (Wildman–Crippen LogP) is 2.87. The molecule has 104 valence electrons. The van der Waals surface area contributed by atoms with Crippen molar-refractivity contribution in [1.29, 1.82) is 0 Å². The monoisotopic (exact) mass is 269 g/mol. The zero-order valence-corrected chi connectivity index (χ0v) is 12.0. The Bertz CT molecular complexity index is 564. The number of carbonyl (C=O) groups excluding carboxylic acids is 2. The fraction of sp³-hybridized carbons (Fsp3) is 0.412. The summed E-state index contributed by atoms with van der Waals surface area (Å²) in [6.45, 7) is 6.03. The number of benzene rings is 1. The zero-order chi connectivity index (χ0) is 14.3. The molecule has 1 aliphatic heterocycles. The minimum Gasteiger partial charge on any atom is -0.300 e. The average molecular weight is 269 g/mol. The van der Waals surface area contributed by atoms with Crippen LogP contribution in [0.1, 0.15) is 47.4 Å². The average Bonchev–Trinajstić information content (AvgIpc) is 2.68. The Kier molecular flexibility index (Phi) is 3.30. The second-order valence-electron chi connectivity index (χ2n) is 5.79. The first-order valence-electron chi connectivity index (χ1n) is 7.24. The zero-order valence-electron chi connectivity index (χ0n) is 12.0. The van der Waals surface area contributed by atoms with Crippen molar-refractivity contribution in [2.75, 3.05) is 13.1 Å². The van der Waals surface area contributed by atoms with E-state index in [1.54, 1.807) is 12.1 Å². The third kappa shape index (κ3) is 2.02. The molecule has 20 heavy (non-hydrogen) atoms. The summed E-state index contributed by atoms with van der Waals surface area (Å²) in [5, 5.41) is 0. The van der Waals surface area contributed by atoms with E-state index < -0.39 is 0 Å². The number of nitrogens with zero attached hydrogens (tertiary/aromatic N) is 1. The molecule has 0 saturated carbocycles. The van der Waals surface area contributed by atoms with Crippen LogP contribution in [0, 0.1) is 0 Å². The first kappa shape index (κ1) is 13.3. The number of Topliss-reactive ketones (excluding diaryl/α,β-unsaturated/α-hetero) is 2. The number of ketones is 2. The van der Waals surface area contributed by atoms with E-state index in [0.29, 0.717) is 30.0 Å². The molecule has 1 aliphatic carbocycles. The van der Waals surface area contributed by atoms with Crippen LogP contribution in [0.3, 0.4) is 0 Å². The van der Waals surface area contributed by atoms with Gasteiger partial charge in [0.25, 0.3) is 0 Å². The molecular weight excluding hydrogens is 250 g/mol. The van der Waals surface area contributed by atoms with Crippen molar-refractivity contribution in [3.63, 3.8) is 0 Å². The van der Waals surface area contributed by atoms with Crippen molar-refractivity contribution in [2.24, 2.45) is 0 Å². The van der Waals surface area contributed by atoms with Crippen LogP contribution in [0.4, 0.5) is 0 Å². The molecule has 0 atom stereocenters. The van der Waals surface area contributed by atoms with Gasteiger partial charge in [0.15, 0.2) is 11.6 Å². The quantitative estimate of drug-likeness (QED) is 0.786. The smallest absolute Gasteiger partial charge is 0.190 e. The van der Waals surface area contributed by atoms with Gasteiger partial charge in [-0.05, 0) is 26.7 Å². The van der Waals surface area contributed by atoms with Gasteiger partial charge in [-0.2, -0.15) is 0 Å². The third-order valence-electron chi connectivity index (χ3n) is 4.36. The summed E-state index contributed by atoms with van der Waals surface area (Å²) in [5.74, 6) is 0.113. The molecule has 0 spiro atoms. The van der Waals surface area contributed by atoms with Crippen LogP contribution in [0.5, 0.6) is 0 Å². The summed E-state index contributed by atoms with van der Waals surface area (Å²) < 4.78 is 0. The van der Waals surface area contributed by atoms with Gasteiger partial charge in [0.1, 0.15) is 0 Å². The van der Waals surface area contributed by atoms with Crippen LogP contribution in [0.15, 0.2) is 35.4 Å². The van der Waals surface area contributed by atoms with Crippen molar-refractivity contribution < 1.29 is 9.59 Å². The lowest BCUT2D eigenvalue weighted by Gasteiger charge is -2.24. The van der Waals surface area contributed by atoms with Crippen molar-refractivity contribution in [2.45, 2.75) is 32.7 Å². The highest BCUT2D eigenvalue weighted by molar-refractivity contribution is 6.26. The molecule has 3 heteroatoms. The largest absolute Gasteiger partial charge is 0.300 e. The molecule has 0 aromatic heterocycles. The Labute approximate surface area is 119 Å². The summed E-state index contributed by atoms with van der Waals surface area (Å²) in [6.07, 6.45) is 1.37. The number of hydrogen-bond acceptors (Lipinski definition) is 3. The van der Waals surface area contributed by atoms with E-state index in [1.807, 2.05) is 12.1 Å². The third-order valence-corrected chi connectivity index (χ3v) is 4.36. The molecule has 1 aromatic rings. The van der Waals surface area contributed by atoms with E-state index >= 15 is 0 Å². The Morgan fingerprint density at radius 1 is 0.900 bits per heavy atom. The van der Waals surface area contributed by atoms with Crippen LogP contribution in [0.2, 0.25) is 0 Å². The second kappa shape index (κ2) is 4.98. The van der Waals surface area contributed by atoms with Crippen molar-refractivity contribution >= 4 is 11.6 Å². The van der Waals surface area contributed by atoms with Crippen LogP contribution in [0.25, 0.3) is 0 Å². The molecule has 1 heterocycles. The molecule has 0 radical (unpaired) electrons. The maximum absolute atomic E-state index is 12.6. The Hall–Kier alpha value is -1.74. The van der Waals surface area contributed by atoms with E-state index in [1.165, 1.54) is 0 Å². The van der Waals surface area contributed by atoms with Gasteiger partial charge >= 0.3 is 0 Å². The van der Waals surface area contributed by atoms with Gasteiger partial charge in [-0.1, -0.05) is 24.3 Å². The van der Waals surface area contributed by atoms with E-state index in [2.05, 4.69) is 18.7 Å². The summed E-state index contributed by atoms with van der Waals surface area (Å²) in [7, 11) is 0. The first-order valence-corrected chi connectivity index (χ1v) is 7.24. The van der Waals surface area contributed by atoms with Crippen molar-refractivity contribution in [3.05, 3.63) is 46.5 Å². The number of hydrogen-bond donors (Lipinski definition) is 0. The molecule has 0 bridgehead atoms. The Morgan fingerprint density at radius 2 is 1.35 bits per heavy atom. The van der Waals surface area contributed by atoms with Crippen LogP contribution in [-0.2, 0) is 0 Å². The van der Waals surface area contributed by atoms with E-state index in [-0.39, 0.29) is 11.6 Å². The van der Waals surface area contributed by atoms with Crippen LogP contribution >= 0.6 is 0 Å². The molecule has 0 saturated heterocycles. The molecule has 1 aromatic carbocycles. The van der Waals surface area contributed by atoms with Crippen LogP contribution < -0.4 is 0 Å². The van der Waals surface area contributed by atoms with E-state index in [0.717, 1.165) is 24.2 Å². The molecular formula is C17H19NO2. The summed E-state index contributed by atoms with van der Waals surface area (Å²) in [5.41, 5.74) is 2.65. The standard InChI is InChI=1S/C17H19NO2/c1-11(2)18-9-7-14-15(8-10-18)17(20)13-6-4-3-5-12(13)16(14)19/h3-6,11H,7-10H2,1-2H3. The SMILES string of the molecule is CC(C)N1CCC2=C(CC1)C(=O)c1ccccc1C2=O. The molecule has 2 aliphatic rings. The maximum Gasteiger partial charge on any atom is 0.190 e. The van der Waals surface area contributed by atoms with Gasteiger partial charge < -0.3 is 4.90 Å². The molecule has 3 rings (SSSR count). The first-order chi connectivity index (χ1) is 9.59. The molecule has 0 unspecified atom stereocenters. The van der Waals surface area contributed by atoms with Gasteiger partial charge in [-0.15, -0.1) is 0 Å². The number of carbonyl (C=O) groups is 2. The van der Waals surface area contributed by atoms with Gasteiger partial charge in [-0.3, -0.25) is 9.59 Å². The lowest BCUT2D eigenvalue weighted by molar-refractivity contribution is 0.0970. The van der Waals surface area contributed by atoms with Gasteiger partial charge in [0.2, 0.25) is 0 Å². The lowest BCUT2D eigenvalue weighted by atomic mass is 9.82. The summed E-state index contributed by atoms with van der Waals surface area (Å²) >= 11 is 0. The fourth-order valence-corrected chi connectivity index (χ4v) is 3.15. The second-order valence-corrected chi connectivity index (χ2v) is 5.79. The van der Waals surface area contributed by atoms with Gasteiger partial charge in [0, 0.05) is 41.4 Å². The minimum absolute atomic E-state index is 0.0563. The van der Waals surface area contributed by atoms with Gasteiger partial charge in [-0.25, -0.2) is 0 Å². The fourth-order valence-electron chi connectivity index (χ4n) is 3.15. The molecule has 0 amide bonds. The van der Waals surface area contributed by atoms with Gasteiger partial charge in [0.05, 0.1) is 0 Å². The predicted molar refractivity (Wildman–Crippen MR) is 78.1 cm³/mol. The topological polar surface area (TPSA) is 37.4 Å². The van der Waals surface area contributed by atoms with E-state index in [9.17, 15) is 9.59 Å². The molecule has 0 N–H and O–H groups in total. The molecule has 0 fully saturated rings. The Morgan fingerprint density at radius 3 is 1.75 bits per heavy atom.